The Morgan fingerprint density at radius 2 is 1.81 bits per heavy atom. The summed E-state index contributed by atoms with van der Waals surface area (Å²) in [5, 5.41) is 15.2. The van der Waals surface area contributed by atoms with E-state index in [1.54, 1.807) is 48.5 Å². The summed E-state index contributed by atoms with van der Waals surface area (Å²) in [6.45, 7) is 1.57. The van der Waals surface area contributed by atoms with E-state index < -0.39 is 29.9 Å². The molecule has 2 aromatic heterocycles. The third-order valence-electron chi connectivity index (χ3n) is 7.90. The summed E-state index contributed by atoms with van der Waals surface area (Å²) >= 11 is 13.9. The first-order valence-electron chi connectivity index (χ1n) is 15.0. The van der Waals surface area contributed by atoms with Crippen molar-refractivity contribution >= 4 is 46.5 Å². The Balaban J connectivity index is 1.34. The van der Waals surface area contributed by atoms with Crippen LogP contribution in [-0.2, 0) is 27.2 Å². The third-order valence-corrected chi connectivity index (χ3v) is 9.62. The Labute approximate surface area is 291 Å². The van der Waals surface area contributed by atoms with Crippen molar-refractivity contribution in [1.29, 1.82) is 0 Å². The number of methoxy groups -OCH3 is 2. The van der Waals surface area contributed by atoms with E-state index in [0.29, 0.717) is 50.1 Å². The molecule has 5 rings (SSSR count). The number of hydrogen-bond donors (Lipinski definition) is 1. The van der Waals surface area contributed by atoms with Gasteiger partial charge in [-0.3, -0.25) is 5.32 Å². The lowest BCUT2D eigenvalue weighted by atomic mass is 10.0. The second-order valence-electron chi connectivity index (χ2n) is 11.2. The number of ether oxygens (including phenoxy) is 4. The second-order valence-corrected chi connectivity index (χ2v) is 13.2. The van der Waals surface area contributed by atoms with E-state index in [1.807, 2.05) is 7.05 Å². The van der Waals surface area contributed by atoms with Gasteiger partial charge in [-0.2, -0.15) is 4.73 Å². The van der Waals surface area contributed by atoms with Crippen molar-refractivity contribution < 1.29 is 37.7 Å². The summed E-state index contributed by atoms with van der Waals surface area (Å²) in [4.78, 5) is 29.8. The molecule has 14 heteroatoms. The summed E-state index contributed by atoms with van der Waals surface area (Å²) in [5.74, 6) is -0.821. The van der Waals surface area contributed by atoms with Crippen LogP contribution in [0, 0.1) is 11.0 Å². The van der Waals surface area contributed by atoms with Crippen molar-refractivity contribution in [3.63, 3.8) is 0 Å². The predicted octanol–water partition coefficient (Wildman–Crippen LogP) is 6.06. The number of thiophene rings is 1. The largest absolute Gasteiger partial charge is 0.619 e. The van der Waals surface area contributed by atoms with Crippen LogP contribution in [0.3, 0.4) is 0 Å². The van der Waals surface area contributed by atoms with Gasteiger partial charge in [-0.05, 0) is 49.4 Å². The molecule has 48 heavy (non-hydrogen) atoms. The lowest BCUT2D eigenvalue weighted by Crippen LogP contribution is -2.33. The first-order chi connectivity index (χ1) is 23.1. The lowest BCUT2D eigenvalue weighted by molar-refractivity contribution is -0.605. The summed E-state index contributed by atoms with van der Waals surface area (Å²) in [6, 6.07) is 13.4. The number of pyridine rings is 1. The molecule has 1 N–H and O–H groups in total. The highest BCUT2D eigenvalue weighted by molar-refractivity contribution is 7.13. The summed E-state index contributed by atoms with van der Waals surface area (Å²) < 4.78 is 37.9. The standard InChI is InChI=1S/C34H34Cl2FN3O7S/c1-39-13-12-21(17-39)46-34(42)32(23-6-4-5-7-27(23)37)38-16-22-9-11-31(48-22)33(41)47-29(15-24-25(35)18-40(43)19-26(24)36)20-8-10-28(44-2)30(14-20)45-3/h4-11,14,18-19,21,29,32,38H,12-13,15-17H2,1-3H3/t21?,29-,32?/m0/s1. The molecule has 1 aliphatic rings. The number of esters is 2. The Hall–Kier alpha value is -3.94. The highest BCUT2D eigenvalue weighted by Gasteiger charge is 2.30. The average Bonchev–Trinajstić information content (AvgIpc) is 3.71. The molecule has 0 saturated carbocycles. The number of rotatable bonds is 13. The second kappa shape index (κ2) is 16.0. The number of hydrogen-bond acceptors (Lipinski definition) is 10. The molecule has 4 aromatic rings. The van der Waals surface area contributed by atoms with E-state index in [9.17, 15) is 19.2 Å². The van der Waals surface area contributed by atoms with Crippen LogP contribution < -0.4 is 19.5 Å². The molecule has 1 saturated heterocycles. The molecule has 3 heterocycles. The van der Waals surface area contributed by atoms with Gasteiger partial charge < -0.3 is 29.1 Å². The number of aromatic nitrogens is 1. The molecule has 0 aliphatic carbocycles. The van der Waals surface area contributed by atoms with Crippen molar-refractivity contribution in [3.8, 4) is 11.5 Å². The van der Waals surface area contributed by atoms with Gasteiger partial charge >= 0.3 is 11.9 Å². The highest BCUT2D eigenvalue weighted by Crippen LogP contribution is 2.36. The molecule has 0 radical (unpaired) electrons. The summed E-state index contributed by atoms with van der Waals surface area (Å²) in [7, 11) is 4.95. The van der Waals surface area contributed by atoms with Gasteiger partial charge in [0.05, 0.1) is 14.2 Å². The van der Waals surface area contributed by atoms with Gasteiger partial charge in [0.1, 0.15) is 39.0 Å². The van der Waals surface area contributed by atoms with E-state index in [0.717, 1.165) is 17.9 Å². The van der Waals surface area contributed by atoms with Crippen LogP contribution in [0.2, 0.25) is 10.0 Å². The van der Waals surface area contributed by atoms with Gasteiger partial charge in [0.15, 0.2) is 23.9 Å². The fourth-order valence-corrected chi connectivity index (χ4v) is 6.86. The van der Waals surface area contributed by atoms with Gasteiger partial charge in [-0.25, -0.2) is 14.0 Å². The minimum atomic E-state index is -1.06. The maximum atomic E-state index is 14.8. The van der Waals surface area contributed by atoms with Crippen LogP contribution in [0.25, 0.3) is 0 Å². The van der Waals surface area contributed by atoms with Crippen molar-refractivity contribution in [2.24, 2.45) is 0 Å². The number of likely N-dealkylation sites (N-methyl/N-ethyl adjacent to an activating group) is 1. The molecule has 254 valence electrons. The van der Waals surface area contributed by atoms with Gasteiger partial charge in [-0.1, -0.05) is 47.5 Å². The van der Waals surface area contributed by atoms with Crippen LogP contribution in [0.1, 0.15) is 49.8 Å². The Morgan fingerprint density at radius 1 is 1.08 bits per heavy atom. The average molecular weight is 719 g/mol. The van der Waals surface area contributed by atoms with E-state index in [4.69, 9.17) is 42.1 Å². The Bertz CT molecular complexity index is 1750. The van der Waals surface area contributed by atoms with Crippen LogP contribution >= 0.6 is 34.5 Å². The molecule has 3 atom stereocenters. The van der Waals surface area contributed by atoms with E-state index >= 15 is 0 Å². The SMILES string of the molecule is COc1ccc([C@H](Cc2c(Cl)c[n+]([O-])cc2Cl)OC(=O)c2ccc(CNC(C(=O)OC3CCN(C)C3)c3ccccc3F)s2)cc1OC. The monoisotopic (exact) mass is 717 g/mol. The zero-order chi connectivity index (χ0) is 34.4. The summed E-state index contributed by atoms with van der Waals surface area (Å²) in [6.07, 6.45) is 1.95. The molecule has 2 aromatic carbocycles. The van der Waals surface area contributed by atoms with Crippen molar-refractivity contribution in [2.45, 2.75) is 37.6 Å². The molecule has 0 bridgehead atoms. The number of nitrogens with zero attached hydrogens (tertiary/aromatic N) is 2. The van der Waals surface area contributed by atoms with Crippen LogP contribution in [0.15, 0.2) is 67.0 Å². The fourth-order valence-electron chi connectivity index (χ4n) is 5.42. The molecule has 0 spiro atoms. The molecule has 2 unspecified atom stereocenters. The van der Waals surface area contributed by atoms with Crippen molar-refractivity contribution in [2.75, 3.05) is 34.4 Å². The molecular weight excluding hydrogens is 684 g/mol. The third kappa shape index (κ3) is 8.55. The first kappa shape index (κ1) is 35.4. The normalized spacial score (nSPS) is 15.9. The van der Waals surface area contributed by atoms with Gasteiger partial charge in [-0.15, -0.1) is 11.3 Å². The first-order valence-corrected chi connectivity index (χ1v) is 16.6. The molecule has 1 fully saturated rings. The topological polar surface area (TPSA) is 113 Å². The number of likely N-dealkylation sites (tertiary alicyclic amines) is 1. The molecular formula is C34H34Cl2FN3O7S. The Kier molecular flexibility index (Phi) is 11.8. The molecule has 10 nitrogen and oxygen atoms in total. The van der Waals surface area contributed by atoms with E-state index in [-0.39, 0.29) is 34.7 Å². The van der Waals surface area contributed by atoms with E-state index in [2.05, 4.69) is 10.2 Å². The van der Waals surface area contributed by atoms with Crippen LogP contribution in [0.4, 0.5) is 4.39 Å². The van der Waals surface area contributed by atoms with E-state index in [1.165, 1.54) is 32.7 Å². The minimum absolute atomic E-state index is 0.0583. The van der Waals surface area contributed by atoms with Crippen LogP contribution in [0.5, 0.6) is 11.5 Å². The predicted molar refractivity (Wildman–Crippen MR) is 179 cm³/mol. The lowest BCUT2D eigenvalue weighted by Gasteiger charge is -2.21. The zero-order valence-corrected chi connectivity index (χ0v) is 28.7. The van der Waals surface area contributed by atoms with Gasteiger partial charge in [0.25, 0.3) is 0 Å². The molecule has 0 amide bonds. The summed E-state index contributed by atoms with van der Waals surface area (Å²) in [5.41, 5.74) is 1.16. The number of benzene rings is 2. The van der Waals surface area contributed by atoms with Crippen molar-refractivity contribution in [3.05, 3.63) is 115 Å². The number of carbonyl (C=O) groups excluding carboxylic acids is 2. The smallest absolute Gasteiger partial charge is 0.348 e. The minimum Gasteiger partial charge on any atom is -0.619 e. The Morgan fingerprint density at radius 3 is 2.48 bits per heavy atom. The number of halogens is 3. The maximum Gasteiger partial charge on any atom is 0.348 e. The fraction of sp³-hybridized carbons (Fsp3) is 0.324. The number of carbonyl (C=O) groups is 2. The highest BCUT2D eigenvalue weighted by atomic mass is 35.5. The molecule has 1 aliphatic heterocycles. The van der Waals surface area contributed by atoms with Gasteiger partial charge in [0, 0.05) is 42.1 Å². The number of nitrogens with one attached hydrogen (secondary N) is 1. The van der Waals surface area contributed by atoms with Crippen LogP contribution in [-0.4, -0.2) is 57.3 Å². The quantitative estimate of drug-likeness (QED) is 0.100. The van der Waals surface area contributed by atoms with Crippen molar-refractivity contribution in [1.82, 2.24) is 10.2 Å². The van der Waals surface area contributed by atoms with Gasteiger partial charge in [0.2, 0.25) is 0 Å². The zero-order valence-electron chi connectivity index (χ0n) is 26.4. The maximum absolute atomic E-state index is 14.8.